The molecule has 0 saturated heterocycles. The summed E-state index contributed by atoms with van der Waals surface area (Å²) in [7, 11) is 0. The van der Waals surface area contributed by atoms with E-state index in [-0.39, 0.29) is 16.8 Å². The number of urea groups is 1. The third-order valence-corrected chi connectivity index (χ3v) is 6.70. The van der Waals surface area contributed by atoms with Crippen molar-refractivity contribution in [2.45, 2.75) is 45.6 Å². The SMILES string of the molecule is Cc1cc(=O)oc2cc(OCC(=O)NC(=O)N[C@H](C)[C@H]3C[C@@H]4CC[C@@H]3C4)c(Cl)cc12. The van der Waals surface area contributed by atoms with Gasteiger partial charge in [0, 0.05) is 23.6 Å². The van der Waals surface area contributed by atoms with Gasteiger partial charge in [-0.1, -0.05) is 18.0 Å². The number of halogens is 1. The molecule has 0 radical (unpaired) electrons. The van der Waals surface area contributed by atoms with Gasteiger partial charge >= 0.3 is 11.7 Å². The van der Waals surface area contributed by atoms with E-state index in [0.717, 1.165) is 17.9 Å². The number of fused-ring (bicyclic) bond motifs is 3. The first-order valence-electron chi connectivity index (χ1n) is 10.3. The lowest BCUT2D eigenvalue weighted by molar-refractivity contribution is -0.122. The standard InChI is InChI=1S/C22H25ClN2O5/c1-11-5-21(27)30-18-9-19(17(23)8-15(11)18)29-10-20(26)25-22(28)24-12(2)16-7-13-3-4-14(16)6-13/h5,8-9,12-14,16H,3-4,6-7,10H2,1-2H3,(H2,24,25,26,28)/t12-,13-,14-,16-/m1/s1. The molecule has 160 valence electrons. The van der Waals surface area contributed by atoms with Crippen LogP contribution in [-0.2, 0) is 4.79 Å². The normalized spacial score (nSPS) is 23.4. The fourth-order valence-corrected chi connectivity index (χ4v) is 5.21. The Labute approximate surface area is 179 Å². The molecule has 2 aliphatic carbocycles. The van der Waals surface area contributed by atoms with Crippen LogP contribution in [0, 0.1) is 24.7 Å². The number of amides is 3. The monoisotopic (exact) mass is 432 g/mol. The molecule has 0 unspecified atom stereocenters. The second kappa shape index (κ2) is 8.30. The highest BCUT2D eigenvalue weighted by molar-refractivity contribution is 6.32. The maximum atomic E-state index is 12.2. The van der Waals surface area contributed by atoms with Gasteiger partial charge in [0.15, 0.2) is 6.61 Å². The Morgan fingerprint density at radius 1 is 1.27 bits per heavy atom. The van der Waals surface area contributed by atoms with Gasteiger partial charge in [-0.25, -0.2) is 9.59 Å². The number of hydrogen-bond donors (Lipinski definition) is 2. The number of nitrogens with one attached hydrogen (secondary N) is 2. The molecule has 2 saturated carbocycles. The number of hydrogen-bond acceptors (Lipinski definition) is 5. The molecule has 1 heterocycles. The summed E-state index contributed by atoms with van der Waals surface area (Å²) in [5.41, 5.74) is 0.568. The van der Waals surface area contributed by atoms with Crippen LogP contribution in [0.4, 0.5) is 4.79 Å². The molecular weight excluding hydrogens is 408 g/mol. The minimum absolute atomic E-state index is 0.0232. The summed E-state index contributed by atoms with van der Waals surface area (Å²) >= 11 is 6.22. The number of benzene rings is 1. The summed E-state index contributed by atoms with van der Waals surface area (Å²) < 4.78 is 10.6. The van der Waals surface area contributed by atoms with Crippen LogP contribution in [0.25, 0.3) is 11.0 Å². The third kappa shape index (κ3) is 4.31. The van der Waals surface area contributed by atoms with Gasteiger partial charge in [0.05, 0.1) is 5.02 Å². The molecule has 2 bridgehead atoms. The molecule has 2 aromatic rings. The van der Waals surface area contributed by atoms with Crippen molar-refractivity contribution in [1.82, 2.24) is 10.6 Å². The molecule has 2 fully saturated rings. The van der Waals surface area contributed by atoms with Crippen LogP contribution in [-0.4, -0.2) is 24.6 Å². The molecule has 4 atom stereocenters. The Morgan fingerprint density at radius 2 is 2.07 bits per heavy atom. The van der Waals surface area contributed by atoms with E-state index in [4.69, 9.17) is 20.8 Å². The van der Waals surface area contributed by atoms with Crippen molar-refractivity contribution >= 4 is 34.5 Å². The van der Waals surface area contributed by atoms with Gasteiger partial charge in [0.1, 0.15) is 11.3 Å². The summed E-state index contributed by atoms with van der Waals surface area (Å²) in [5.74, 6) is 1.57. The average Bonchev–Trinajstić information content (AvgIpc) is 3.30. The van der Waals surface area contributed by atoms with E-state index >= 15 is 0 Å². The van der Waals surface area contributed by atoms with Crippen molar-refractivity contribution < 1.29 is 18.7 Å². The molecule has 2 N–H and O–H groups in total. The molecular formula is C22H25ClN2O5. The molecule has 30 heavy (non-hydrogen) atoms. The highest BCUT2D eigenvalue weighted by atomic mass is 35.5. The fraction of sp³-hybridized carbons (Fsp3) is 0.500. The van der Waals surface area contributed by atoms with Crippen molar-refractivity contribution in [2.75, 3.05) is 6.61 Å². The smallest absolute Gasteiger partial charge is 0.336 e. The maximum Gasteiger partial charge on any atom is 0.336 e. The summed E-state index contributed by atoms with van der Waals surface area (Å²) in [6, 6.07) is 3.96. The Bertz CT molecular complexity index is 1050. The zero-order valence-electron chi connectivity index (χ0n) is 17.0. The minimum Gasteiger partial charge on any atom is -0.482 e. The zero-order chi connectivity index (χ0) is 21.4. The highest BCUT2D eigenvalue weighted by Crippen LogP contribution is 2.49. The third-order valence-electron chi connectivity index (χ3n) is 6.41. The first-order valence-corrected chi connectivity index (χ1v) is 10.6. The van der Waals surface area contributed by atoms with Crippen LogP contribution in [0.5, 0.6) is 5.75 Å². The number of ether oxygens (including phenoxy) is 1. The molecule has 3 amide bonds. The van der Waals surface area contributed by atoms with Crippen LogP contribution >= 0.6 is 11.6 Å². The van der Waals surface area contributed by atoms with E-state index in [2.05, 4.69) is 10.6 Å². The van der Waals surface area contributed by atoms with E-state index in [1.165, 1.54) is 31.4 Å². The van der Waals surface area contributed by atoms with E-state index < -0.39 is 24.2 Å². The Hall–Kier alpha value is -2.54. The quantitative estimate of drug-likeness (QED) is 0.700. The number of rotatable bonds is 5. The van der Waals surface area contributed by atoms with Gasteiger partial charge in [-0.3, -0.25) is 10.1 Å². The molecule has 8 heteroatoms. The lowest BCUT2D eigenvalue weighted by atomic mass is 9.84. The van der Waals surface area contributed by atoms with Gasteiger partial charge in [-0.2, -0.15) is 0 Å². The summed E-state index contributed by atoms with van der Waals surface area (Å²) in [4.78, 5) is 35.9. The van der Waals surface area contributed by atoms with Crippen molar-refractivity contribution in [1.29, 1.82) is 0 Å². The van der Waals surface area contributed by atoms with Crippen LogP contribution < -0.4 is 21.0 Å². The van der Waals surface area contributed by atoms with Crippen LogP contribution in [0.2, 0.25) is 5.02 Å². The number of imide groups is 1. The molecule has 4 rings (SSSR count). The molecule has 7 nitrogen and oxygen atoms in total. The van der Waals surface area contributed by atoms with Gasteiger partial charge in [0.2, 0.25) is 0 Å². The topological polar surface area (TPSA) is 97.6 Å². The zero-order valence-corrected chi connectivity index (χ0v) is 17.8. The summed E-state index contributed by atoms with van der Waals surface area (Å²) in [5, 5.41) is 6.14. The number of carbonyl (C=O) groups is 2. The molecule has 1 aromatic carbocycles. The van der Waals surface area contributed by atoms with Crippen LogP contribution in [0.1, 0.15) is 38.2 Å². The summed E-state index contributed by atoms with van der Waals surface area (Å²) in [6.07, 6.45) is 4.95. The predicted molar refractivity (Wildman–Crippen MR) is 113 cm³/mol. The van der Waals surface area contributed by atoms with E-state index in [1.54, 1.807) is 13.0 Å². The first kappa shape index (κ1) is 20.7. The van der Waals surface area contributed by atoms with Gasteiger partial charge in [-0.15, -0.1) is 0 Å². The molecule has 0 aliphatic heterocycles. The number of carbonyl (C=O) groups excluding carboxylic acids is 2. The molecule has 0 spiro atoms. The van der Waals surface area contributed by atoms with Crippen molar-refractivity contribution in [3.8, 4) is 5.75 Å². The predicted octanol–water partition coefficient (Wildman–Crippen LogP) is 3.78. The minimum atomic E-state index is -0.588. The molecule has 2 aliphatic rings. The Balaban J connectivity index is 1.31. The van der Waals surface area contributed by atoms with Crippen molar-refractivity contribution in [3.63, 3.8) is 0 Å². The lowest BCUT2D eigenvalue weighted by Gasteiger charge is -2.28. The number of aryl methyl sites for hydroxylation is 1. The van der Waals surface area contributed by atoms with Crippen LogP contribution in [0.3, 0.4) is 0 Å². The molecule has 1 aromatic heterocycles. The second-order valence-electron chi connectivity index (χ2n) is 8.46. The van der Waals surface area contributed by atoms with Crippen molar-refractivity contribution in [2.24, 2.45) is 17.8 Å². The van der Waals surface area contributed by atoms with E-state index in [9.17, 15) is 14.4 Å². The Kier molecular flexibility index (Phi) is 5.73. The van der Waals surface area contributed by atoms with Crippen molar-refractivity contribution in [3.05, 3.63) is 39.2 Å². The van der Waals surface area contributed by atoms with E-state index in [0.29, 0.717) is 22.8 Å². The fourth-order valence-electron chi connectivity index (χ4n) is 4.99. The first-order chi connectivity index (χ1) is 14.3. The average molecular weight is 433 g/mol. The highest BCUT2D eigenvalue weighted by Gasteiger charge is 2.42. The lowest BCUT2D eigenvalue weighted by Crippen LogP contribution is -2.48. The Morgan fingerprint density at radius 3 is 2.77 bits per heavy atom. The second-order valence-corrected chi connectivity index (χ2v) is 8.87. The summed E-state index contributed by atoms with van der Waals surface area (Å²) in [6.45, 7) is 3.38. The van der Waals surface area contributed by atoms with Gasteiger partial charge < -0.3 is 14.5 Å². The largest absolute Gasteiger partial charge is 0.482 e. The van der Waals surface area contributed by atoms with Gasteiger partial charge in [0.25, 0.3) is 5.91 Å². The van der Waals surface area contributed by atoms with Crippen LogP contribution in [0.15, 0.2) is 27.4 Å². The maximum absolute atomic E-state index is 12.2. The van der Waals surface area contributed by atoms with E-state index in [1.807, 2.05) is 6.92 Å². The van der Waals surface area contributed by atoms with Gasteiger partial charge in [-0.05, 0) is 62.5 Å².